The lowest BCUT2D eigenvalue weighted by Crippen LogP contribution is -2.12. The zero-order valence-electron chi connectivity index (χ0n) is 12.3. The molecule has 0 fully saturated rings. The van der Waals surface area contributed by atoms with Gasteiger partial charge in [0.15, 0.2) is 0 Å². The van der Waals surface area contributed by atoms with Crippen molar-refractivity contribution in [1.29, 1.82) is 0 Å². The first-order chi connectivity index (χ1) is 10.4. The van der Waals surface area contributed by atoms with Crippen LogP contribution in [-0.2, 0) is 6.42 Å². The van der Waals surface area contributed by atoms with Crippen LogP contribution in [0.25, 0.3) is 21.9 Å². The van der Waals surface area contributed by atoms with Gasteiger partial charge in [-0.15, -0.1) is 0 Å². The third kappa shape index (κ3) is 1.97. The molecule has 0 aromatic heterocycles. The van der Waals surface area contributed by atoms with Crippen LogP contribution < -0.4 is 5.32 Å². The second-order valence-electron chi connectivity index (χ2n) is 5.78. The van der Waals surface area contributed by atoms with Gasteiger partial charge >= 0.3 is 0 Å². The molecule has 1 atom stereocenters. The first-order valence-electron chi connectivity index (χ1n) is 7.65. The highest BCUT2D eigenvalue weighted by molar-refractivity contribution is 5.97. The van der Waals surface area contributed by atoms with Crippen molar-refractivity contribution in [2.24, 2.45) is 0 Å². The molecular formula is C20H19N. The summed E-state index contributed by atoms with van der Waals surface area (Å²) in [5.74, 6) is 0. The zero-order valence-corrected chi connectivity index (χ0v) is 12.3. The SMILES string of the molecule is CNC1CCc2c(-c3cccc4ccccc34)cccc21. The van der Waals surface area contributed by atoms with Gasteiger partial charge in [0.25, 0.3) is 0 Å². The van der Waals surface area contributed by atoms with Gasteiger partial charge in [0.1, 0.15) is 0 Å². The van der Waals surface area contributed by atoms with Gasteiger partial charge in [-0.25, -0.2) is 0 Å². The molecule has 0 heterocycles. The van der Waals surface area contributed by atoms with E-state index in [2.05, 4.69) is 73.0 Å². The van der Waals surface area contributed by atoms with Crippen LogP contribution in [0, 0.1) is 0 Å². The number of hydrogen-bond acceptors (Lipinski definition) is 1. The Morgan fingerprint density at radius 2 is 1.62 bits per heavy atom. The minimum atomic E-state index is 0.509. The van der Waals surface area contributed by atoms with Crippen LogP contribution >= 0.6 is 0 Å². The summed E-state index contributed by atoms with van der Waals surface area (Å²) in [6.45, 7) is 0. The monoisotopic (exact) mass is 273 g/mol. The normalized spacial score (nSPS) is 17.1. The van der Waals surface area contributed by atoms with Gasteiger partial charge in [-0.2, -0.15) is 0 Å². The van der Waals surface area contributed by atoms with Crippen molar-refractivity contribution in [3.05, 3.63) is 71.8 Å². The van der Waals surface area contributed by atoms with Crippen LogP contribution in [0.1, 0.15) is 23.6 Å². The van der Waals surface area contributed by atoms with Crippen LogP contribution in [0.4, 0.5) is 0 Å². The summed E-state index contributed by atoms with van der Waals surface area (Å²) < 4.78 is 0. The quantitative estimate of drug-likeness (QED) is 0.712. The van der Waals surface area contributed by atoms with E-state index in [0.717, 1.165) is 0 Å². The summed E-state index contributed by atoms with van der Waals surface area (Å²) >= 11 is 0. The minimum absolute atomic E-state index is 0.509. The highest BCUT2D eigenvalue weighted by Gasteiger charge is 2.23. The molecule has 0 bridgehead atoms. The molecule has 3 aromatic rings. The number of nitrogens with one attached hydrogen (secondary N) is 1. The van der Waals surface area contributed by atoms with Crippen molar-refractivity contribution >= 4 is 10.8 Å². The fourth-order valence-corrected chi connectivity index (χ4v) is 3.67. The van der Waals surface area contributed by atoms with E-state index >= 15 is 0 Å². The van der Waals surface area contributed by atoms with Gasteiger partial charge in [-0.3, -0.25) is 0 Å². The predicted octanol–water partition coefficient (Wildman–Crippen LogP) is 4.71. The van der Waals surface area contributed by atoms with Gasteiger partial charge < -0.3 is 5.32 Å². The molecule has 104 valence electrons. The number of hydrogen-bond donors (Lipinski definition) is 1. The summed E-state index contributed by atoms with van der Waals surface area (Å²) in [7, 11) is 2.06. The lowest BCUT2D eigenvalue weighted by atomic mass is 9.92. The molecule has 1 aliphatic rings. The highest BCUT2D eigenvalue weighted by atomic mass is 14.9. The molecule has 21 heavy (non-hydrogen) atoms. The molecule has 1 unspecified atom stereocenters. The molecule has 4 rings (SSSR count). The number of rotatable bonds is 2. The van der Waals surface area contributed by atoms with Crippen molar-refractivity contribution in [3.63, 3.8) is 0 Å². The van der Waals surface area contributed by atoms with Crippen molar-refractivity contribution in [3.8, 4) is 11.1 Å². The molecule has 0 radical (unpaired) electrons. The van der Waals surface area contributed by atoms with E-state index in [9.17, 15) is 0 Å². The molecule has 1 N–H and O–H groups in total. The van der Waals surface area contributed by atoms with E-state index in [1.54, 1.807) is 0 Å². The second kappa shape index (κ2) is 5.01. The molecule has 0 spiro atoms. The van der Waals surface area contributed by atoms with Crippen LogP contribution in [0.5, 0.6) is 0 Å². The molecule has 3 aromatic carbocycles. The largest absolute Gasteiger partial charge is 0.313 e. The molecular weight excluding hydrogens is 254 g/mol. The van der Waals surface area contributed by atoms with Crippen LogP contribution in [0.2, 0.25) is 0 Å². The fourth-order valence-electron chi connectivity index (χ4n) is 3.67. The second-order valence-corrected chi connectivity index (χ2v) is 5.78. The molecule has 0 saturated heterocycles. The van der Waals surface area contributed by atoms with Crippen molar-refractivity contribution in [2.45, 2.75) is 18.9 Å². The maximum atomic E-state index is 3.44. The minimum Gasteiger partial charge on any atom is -0.313 e. The third-order valence-electron chi connectivity index (χ3n) is 4.70. The lowest BCUT2D eigenvalue weighted by Gasteiger charge is -2.14. The summed E-state index contributed by atoms with van der Waals surface area (Å²) in [4.78, 5) is 0. The Morgan fingerprint density at radius 1 is 0.857 bits per heavy atom. The van der Waals surface area contributed by atoms with Crippen molar-refractivity contribution in [2.75, 3.05) is 7.05 Å². The molecule has 0 aliphatic heterocycles. The summed E-state index contributed by atoms with van der Waals surface area (Å²) in [5, 5.41) is 6.10. The topological polar surface area (TPSA) is 12.0 Å². The Labute approximate surface area is 125 Å². The number of benzene rings is 3. The highest BCUT2D eigenvalue weighted by Crippen LogP contribution is 2.39. The van der Waals surface area contributed by atoms with Gasteiger partial charge in [0.05, 0.1) is 0 Å². The summed E-state index contributed by atoms with van der Waals surface area (Å²) in [6.07, 6.45) is 2.37. The predicted molar refractivity (Wildman–Crippen MR) is 89.5 cm³/mol. The standard InChI is InChI=1S/C20H19N/c1-21-20-13-12-18-17(10-5-11-19(18)20)16-9-4-7-14-6-2-3-8-15(14)16/h2-11,20-21H,12-13H2,1H3. The van der Waals surface area contributed by atoms with Crippen LogP contribution in [0.3, 0.4) is 0 Å². The number of fused-ring (bicyclic) bond motifs is 2. The third-order valence-corrected chi connectivity index (χ3v) is 4.70. The molecule has 0 saturated carbocycles. The Kier molecular flexibility index (Phi) is 3.01. The Balaban J connectivity index is 1.97. The smallest absolute Gasteiger partial charge is 0.0323 e. The maximum Gasteiger partial charge on any atom is 0.0323 e. The summed E-state index contributed by atoms with van der Waals surface area (Å²) in [6, 6.07) is 22.5. The fraction of sp³-hybridized carbons (Fsp3) is 0.200. The van der Waals surface area contributed by atoms with E-state index in [1.807, 2.05) is 0 Å². The Hall–Kier alpha value is -2.12. The molecule has 0 amide bonds. The maximum absolute atomic E-state index is 3.44. The molecule has 1 heteroatoms. The van der Waals surface area contributed by atoms with Crippen LogP contribution in [0.15, 0.2) is 60.7 Å². The zero-order chi connectivity index (χ0) is 14.2. The van der Waals surface area contributed by atoms with Crippen LogP contribution in [-0.4, -0.2) is 7.05 Å². The van der Waals surface area contributed by atoms with Gasteiger partial charge in [0, 0.05) is 6.04 Å². The van der Waals surface area contributed by atoms with E-state index in [-0.39, 0.29) is 0 Å². The molecule has 1 nitrogen and oxygen atoms in total. The van der Waals surface area contributed by atoms with E-state index in [0.29, 0.717) is 6.04 Å². The average molecular weight is 273 g/mol. The van der Waals surface area contributed by atoms with Gasteiger partial charge in [0.2, 0.25) is 0 Å². The Bertz CT molecular complexity index is 799. The first kappa shape index (κ1) is 12.6. The van der Waals surface area contributed by atoms with Crippen molar-refractivity contribution < 1.29 is 0 Å². The van der Waals surface area contributed by atoms with E-state index in [1.165, 1.54) is 45.9 Å². The average Bonchev–Trinajstić information content (AvgIpc) is 2.97. The first-order valence-corrected chi connectivity index (χ1v) is 7.65. The molecule has 1 aliphatic carbocycles. The summed E-state index contributed by atoms with van der Waals surface area (Å²) in [5.41, 5.74) is 5.76. The van der Waals surface area contributed by atoms with Gasteiger partial charge in [-0.1, -0.05) is 60.7 Å². The van der Waals surface area contributed by atoms with E-state index in [4.69, 9.17) is 0 Å². The van der Waals surface area contributed by atoms with Crippen molar-refractivity contribution in [1.82, 2.24) is 5.32 Å². The van der Waals surface area contributed by atoms with Gasteiger partial charge in [-0.05, 0) is 52.9 Å². The Morgan fingerprint density at radius 3 is 2.52 bits per heavy atom. The van der Waals surface area contributed by atoms with E-state index < -0.39 is 0 Å². The lowest BCUT2D eigenvalue weighted by molar-refractivity contribution is 0.590.